The predicted molar refractivity (Wildman–Crippen MR) is 112 cm³/mol. The molecular weight excluding hydrogens is 350 g/mol. The highest BCUT2D eigenvalue weighted by Crippen LogP contribution is 2.34. The number of aromatic nitrogens is 3. The number of nitrogens with one attached hydrogen (secondary N) is 1. The third-order valence-corrected chi connectivity index (χ3v) is 4.44. The summed E-state index contributed by atoms with van der Waals surface area (Å²) in [6.45, 7) is 3.45. The van der Waals surface area contributed by atoms with Gasteiger partial charge >= 0.3 is 0 Å². The Balaban J connectivity index is 1.94. The topological polar surface area (TPSA) is 93.8 Å². The zero-order chi connectivity index (χ0) is 19.7. The van der Waals surface area contributed by atoms with Crippen molar-refractivity contribution in [3.63, 3.8) is 0 Å². The minimum absolute atomic E-state index is 0.118. The predicted octanol–water partition coefficient (Wildman–Crippen LogP) is 4.21. The van der Waals surface area contributed by atoms with Crippen LogP contribution in [0, 0.1) is 6.92 Å². The molecule has 2 aromatic heterocycles. The number of carbonyl (C=O) groups is 1. The molecule has 28 heavy (non-hydrogen) atoms. The van der Waals surface area contributed by atoms with Crippen LogP contribution in [0.4, 0.5) is 11.6 Å². The van der Waals surface area contributed by atoms with Crippen molar-refractivity contribution >= 4 is 28.4 Å². The van der Waals surface area contributed by atoms with E-state index in [2.05, 4.69) is 26.3 Å². The van der Waals surface area contributed by atoms with Gasteiger partial charge in [-0.1, -0.05) is 18.2 Å². The maximum atomic E-state index is 11.4. The second-order valence-electron chi connectivity index (χ2n) is 6.64. The van der Waals surface area contributed by atoms with Gasteiger partial charge in [0.25, 0.3) is 0 Å². The number of benzene rings is 2. The highest BCUT2D eigenvalue weighted by molar-refractivity contribution is 5.98. The van der Waals surface area contributed by atoms with E-state index in [0.717, 1.165) is 44.5 Å². The van der Waals surface area contributed by atoms with E-state index in [0.29, 0.717) is 0 Å². The highest BCUT2D eigenvalue weighted by atomic mass is 16.1. The van der Waals surface area contributed by atoms with E-state index in [1.165, 1.54) is 6.92 Å². The van der Waals surface area contributed by atoms with Crippen molar-refractivity contribution in [2.24, 2.45) is 0 Å². The van der Waals surface area contributed by atoms with Gasteiger partial charge < -0.3 is 11.1 Å². The molecule has 0 spiro atoms. The van der Waals surface area contributed by atoms with Crippen LogP contribution < -0.4 is 11.1 Å². The van der Waals surface area contributed by atoms with E-state index in [1.807, 2.05) is 55.6 Å². The van der Waals surface area contributed by atoms with Gasteiger partial charge in [0.2, 0.25) is 11.9 Å². The van der Waals surface area contributed by atoms with E-state index < -0.39 is 0 Å². The number of nitrogens with zero attached hydrogens (tertiary/aromatic N) is 3. The van der Waals surface area contributed by atoms with Crippen molar-refractivity contribution < 1.29 is 4.79 Å². The number of aryl methyl sites for hydroxylation is 1. The van der Waals surface area contributed by atoms with E-state index in [1.54, 1.807) is 6.20 Å². The van der Waals surface area contributed by atoms with Gasteiger partial charge in [-0.15, -0.1) is 0 Å². The normalized spacial score (nSPS) is 10.8. The van der Waals surface area contributed by atoms with Gasteiger partial charge in [-0.25, -0.2) is 9.97 Å². The molecule has 0 aliphatic heterocycles. The second kappa shape index (κ2) is 7.08. The van der Waals surface area contributed by atoms with Crippen LogP contribution in [-0.2, 0) is 4.79 Å². The number of nitrogens with two attached hydrogens (primary N) is 1. The number of hydrogen-bond acceptors (Lipinski definition) is 5. The van der Waals surface area contributed by atoms with E-state index in [4.69, 9.17) is 5.73 Å². The molecule has 6 nitrogen and oxygen atoms in total. The van der Waals surface area contributed by atoms with Crippen molar-refractivity contribution in [3.8, 4) is 22.3 Å². The fraction of sp³-hybridized carbons (Fsp3) is 0.0909. The van der Waals surface area contributed by atoms with E-state index in [-0.39, 0.29) is 11.9 Å². The molecule has 2 aromatic carbocycles. The molecule has 6 heteroatoms. The average molecular weight is 369 g/mol. The van der Waals surface area contributed by atoms with Crippen LogP contribution in [0.15, 0.2) is 60.9 Å². The summed E-state index contributed by atoms with van der Waals surface area (Å²) in [6, 6.07) is 15.8. The van der Waals surface area contributed by atoms with E-state index in [9.17, 15) is 4.79 Å². The van der Waals surface area contributed by atoms with Gasteiger partial charge in [0.1, 0.15) is 0 Å². The number of anilines is 2. The number of nitrogen functional groups attached to an aromatic ring is 1. The third-order valence-electron chi connectivity index (χ3n) is 4.44. The van der Waals surface area contributed by atoms with Crippen molar-refractivity contribution in [1.29, 1.82) is 0 Å². The standard InChI is InChI=1S/C22H19N5O/c1-13-6-7-16(11-24-13)17-8-18-12-25-22(23)27-21(18)20(10-17)15-4-3-5-19(9-15)26-14(2)28/h3-12H,1-2H3,(H,26,28)(H2,23,25,27). The van der Waals surface area contributed by atoms with Crippen LogP contribution in [0.1, 0.15) is 12.6 Å². The van der Waals surface area contributed by atoms with Crippen molar-refractivity contribution in [2.45, 2.75) is 13.8 Å². The lowest BCUT2D eigenvalue weighted by molar-refractivity contribution is -0.114. The minimum Gasteiger partial charge on any atom is -0.368 e. The fourth-order valence-electron chi connectivity index (χ4n) is 3.15. The average Bonchev–Trinajstić information content (AvgIpc) is 2.67. The Morgan fingerprint density at radius 2 is 1.82 bits per heavy atom. The summed E-state index contributed by atoms with van der Waals surface area (Å²) in [5.74, 6) is 0.101. The largest absolute Gasteiger partial charge is 0.368 e. The van der Waals surface area contributed by atoms with Crippen LogP contribution in [0.25, 0.3) is 33.2 Å². The molecule has 0 atom stereocenters. The zero-order valence-electron chi connectivity index (χ0n) is 15.6. The Hall–Kier alpha value is -3.80. The Labute approximate surface area is 162 Å². The molecule has 0 aliphatic carbocycles. The van der Waals surface area contributed by atoms with Crippen LogP contribution in [0.5, 0.6) is 0 Å². The fourth-order valence-corrected chi connectivity index (χ4v) is 3.15. The quantitative estimate of drug-likeness (QED) is 0.564. The first-order chi connectivity index (χ1) is 13.5. The zero-order valence-corrected chi connectivity index (χ0v) is 15.6. The van der Waals surface area contributed by atoms with Gasteiger partial charge in [-0.05, 0) is 48.4 Å². The van der Waals surface area contributed by atoms with E-state index >= 15 is 0 Å². The Morgan fingerprint density at radius 3 is 2.57 bits per heavy atom. The molecule has 0 aliphatic rings. The Morgan fingerprint density at radius 1 is 0.964 bits per heavy atom. The van der Waals surface area contributed by atoms with Gasteiger partial charge in [0, 0.05) is 47.2 Å². The molecule has 0 bridgehead atoms. The first-order valence-corrected chi connectivity index (χ1v) is 8.87. The van der Waals surface area contributed by atoms with Gasteiger partial charge in [0.05, 0.1) is 5.52 Å². The molecule has 2 heterocycles. The monoisotopic (exact) mass is 369 g/mol. The highest BCUT2D eigenvalue weighted by Gasteiger charge is 2.11. The number of hydrogen-bond donors (Lipinski definition) is 2. The molecule has 138 valence electrons. The molecule has 3 N–H and O–H groups in total. The first-order valence-electron chi connectivity index (χ1n) is 8.87. The summed E-state index contributed by atoms with van der Waals surface area (Å²) in [7, 11) is 0. The van der Waals surface area contributed by atoms with Crippen molar-refractivity contribution in [1.82, 2.24) is 15.0 Å². The first kappa shape index (κ1) is 17.6. The van der Waals surface area contributed by atoms with Gasteiger partial charge in [-0.2, -0.15) is 0 Å². The van der Waals surface area contributed by atoms with Crippen molar-refractivity contribution in [2.75, 3.05) is 11.1 Å². The SMILES string of the molecule is CC(=O)Nc1cccc(-c2cc(-c3ccc(C)nc3)cc3cnc(N)nc23)c1. The summed E-state index contributed by atoms with van der Waals surface area (Å²) in [6.07, 6.45) is 3.58. The maximum Gasteiger partial charge on any atom is 0.221 e. The molecule has 4 rings (SSSR count). The van der Waals surface area contributed by atoms with Gasteiger partial charge in [0.15, 0.2) is 0 Å². The number of pyridine rings is 1. The van der Waals surface area contributed by atoms with Crippen molar-refractivity contribution in [3.05, 3.63) is 66.6 Å². The summed E-state index contributed by atoms with van der Waals surface area (Å²) >= 11 is 0. The summed E-state index contributed by atoms with van der Waals surface area (Å²) in [4.78, 5) is 24.4. The molecule has 0 fully saturated rings. The number of carbonyl (C=O) groups excluding carboxylic acids is 1. The molecule has 1 amide bonds. The summed E-state index contributed by atoms with van der Waals surface area (Å²) in [5.41, 5.74) is 12.1. The Bertz CT molecular complexity index is 1190. The second-order valence-corrected chi connectivity index (χ2v) is 6.64. The summed E-state index contributed by atoms with van der Waals surface area (Å²) < 4.78 is 0. The Kier molecular flexibility index (Phi) is 4.45. The number of rotatable bonds is 3. The molecule has 0 saturated heterocycles. The number of amides is 1. The van der Waals surface area contributed by atoms with Crippen LogP contribution in [0.3, 0.4) is 0 Å². The molecule has 0 unspecified atom stereocenters. The lowest BCUT2D eigenvalue weighted by Crippen LogP contribution is -2.05. The summed E-state index contributed by atoms with van der Waals surface area (Å²) in [5, 5.41) is 3.70. The maximum absolute atomic E-state index is 11.4. The van der Waals surface area contributed by atoms with Crippen LogP contribution in [-0.4, -0.2) is 20.9 Å². The molecular formula is C22H19N5O. The lowest BCUT2D eigenvalue weighted by Gasteiger charge is -2.12. The number of fused-ring (bicyclic) bond motifs is 1. The molecule has 0 saturated carbocycles. The minimum atomic E-state index is -0.118. The lowest BCUT2D eigenvalue weighted by atomic mass is 9.96. The molecule has 4 aromatic rings. The van der Waals surface area contributed by atoms with Crippen LogP contribution in [0.2, 0.25) is 0 Å². The van der Waals surface area contributed by atoms with Gasteiger partial charge in [-0.3, -0.25) is 9.78 Å². The van der Waals surface area contributed by atoms with Crippen LogP contribution >= 0.6 is 0 Å². The molecule has 0 radical (unpaired) electrons. The smallest absolute Gasteiger partial charge is 0.221 e. The third kappa shape index (κ3) is 3.53.